The summed E-state index contributed by atoms with van der Waals surface area (Å²) in [6.45, 7) is 3.85. The van der Waals surface area contributed by atoms with Crippen LogP contribution in [0, 0.1) is 0 Å². The van der Waals surface area contributed by atoms with Gasteiger partial charge in [-0.15, -0.1) is 0 Å². The summed E-state index contributed by atoms with van der Waals surface area (Å²) < 4.78 is 0. The van der Waals surface area contributed by atoms with Crippen LogP contribution < -0.4 is 11.5 Å². The normalized spacial score (nSPS) is 21.5. The van der Waals surface area contributed by atoms with Crippen LogP contribution in [0.3, 0.4) is 0 Å². The average molecular weight is 172 g/mol. The Morgan fingerprint density at radius 1 is 1.54 bits per heavy atom. The van der Waals surface area contributed by atoms with Crippen LogP contribution in [-0.2, 0) is 0 Å². The first-order chi connectivity index (χ1) is 6.11. The smallest absolute Gasteiger partial charge is 0.164 e. The Labute approximate surface area is 77.7 Å². The van der Waals surface area contributed by atoms with E-state index in [-0.39, 0.29) is 5.82 Å². The van der Waals surface area contributed by atoms with Gasteiger partial charge in [-0.25, -0.2) is 4.99 Å². The zero-order valence-corrected chi connectivity index (χ0v) is 7.12. The molecule has 2 heterocycles. The fraction of sp³-hybridized carbons (Fsp3) is 0.125. The van der Waals surface area contributed by atoms with Crippen molar-refractivity contribution in [3.63, 3.8) is 0 Å². The lowest BCUT2D eigenvalue weighted by molar-refractivity contribution is 0.547. The highest BCUT2D eigenvalue weighted by Gasteiger charge is 2.27. The van der Waals surface area contributed by atoms with Gasteiger partial charge in [-0.2, -0.15) is 0 Å². The van der Waals surface area contributed by atoms with Crippen molar-refractivity contribution < 1.29 is 0 Å². The van der Waals surface area contributed by atoms with Gasteiger partial charge in [0.25, 0.3) is 0 Å². The van der Waals surface area contributed by atoms with Gasteiger partial charge in [0.1, 0.15) is 7.85 Å². The maximum atomic E-state index is 5.73. The van der Waals surface area contributed by atoms with Crippen LogP contribution in [0.1, 0.15) is 6.42 Å². The molecule has 0 saturated carbocycles. The number of fused-ring (bicyclic) bond motifs is 1. The van der Waals surface area contributed by atoms with Crippen LogP contribution in [0.5, 0.6) is 0 Å². The molecule has 0 aromatic carbocycles. The second kappa shape index (κ2) is 2.42. The summed E-state index contributed by atoms with van der Waals surface area (Å²) in [4.78, 5) is 5.65. The van der Waals surface area contributed by atoms with E-state index in [0.717, 1.165) is 17.8 Å². The Hall–Kier alpha value is -1.65. The summed E-state index contributed by atoms with van der Waals surface area (Å²) in [5.74, 6) is 0.653. The van der Waals surface area contributed by atoms with Gasteiger partial charge < -0.3 is 11.5 Å². The van der Waals surface area contributed by atoms with Crippen LogP contribution in [-0.4, -0.2) is 18.4 Å². The minimum Gasteiger partial charge on any atom is -0.382 e. The third kappa shape index (κ3) is 0.966. The van der Waals surface area contributed by atoms with Crippen LogP contribution in [0.25, 0.3) is 0 Å². The van der Waals surface area contributed by atoms with Crippen LogP contribution in [0.15, 0.2) is 40.7 Å². The molecule has 64 valence electrons. The van der Waals surface area contributed by atoms with E-state index in [4.69, 9.17) is 19.3 Å². The molecule has 2 radical (unpaired) electrons. The second-order valence-electron chi connectivity index (χ2n) is 2.96. The molecule has 2 aliphatic heterocycles. The molecule has 0 aromatic heterocycles. The van der Waals surface area contributed by atoms with E-state index in [1.807, 2.05) is 6.08 Å². The Morgan fingerprint density at radius 3 is 2.92 bits per heavy atom. The number of nitrogens with zero attached hydrogens (tertiary/aromatic N) is 2. The molecule has 0 spiro atoms. The maximum Gasteiger partial charge on any atom is 0.164 e. The van der Waals surface area contributed by atoms with Gasteiger partial charge in [-0.3, -0.25) is 4.90 Å². The Bertz CT molecular complexity index is 378. The molecule has 0 fully saturated rings. The van der Waals surface area contributed by atoms with E-state index < -0.39 is 0 Å². The van der Waals surface area contributed by atoms with Crippen molar-refractivity contribution in [2.24, 2.45) is 16.5 Å². The Balaban J connectivity index is 2.54. The predicted molar refractivity (Wildman–Crippen MR) is 52.3 cm³/mol. The number of rotatable bonds is 0. The summed E-state index contributed by atoms with van der Waals surface area (Å²) in [6.07, 6.45) is 2.67. The SMILES string of the molecule is [B]C1=NC(N)=C(N)N2C(=C)CC=C12. The van der Waals surface area contributed by atoms with Gasteiger partial charge in [0.2, 0.25) is 0 Å². The van der Waals surface area contributed by atoms with Crippen LogP contribution in [0.4, 0.5) is 0 Å². The number of hydrogen-bond donors (Lipinski definition) is 2. The quantitative estimate of drug-likeness (QED) is 0.493. The van der Waals surface area contributed by atoms with Crippen molar-refractivity contribution in [1.29, 1.82) is 0 Å². The van der Waals surface area contributed by atoms with Crippen molar-refractivity contribution in [2.45, 2.75) is 6.42 Å². The zero-order chi connectivity index (χ0) is 9.59. The molecule has 0 aromatic rings. The van der Waals surface area contributed by atoms with E-state index in [1.54, 1.807) is 4.90 Å². The molecule has 2 aliphatic rings. The highest BCUT2D eigenvalue weighted by Crippen LogP contribution is 2.30. The standard InChI is InChI=1S/C8H9BN4/c1-4-2-3-5-6(9)12-7(10)8(11)13(4)5/h3H,1-2,10-11H2. The number of hydrogen-bond acceptors (Lipinski definition) is 4. The minimum atomic E-state index is 0.248. The predicted octanol–water partition coefficient (Wildman–Crippen LogP) is -0.286. The summed E-state index contributed by atoms with van der Waals surface area (Å²) in [5, 5.41) is 0. The lowest BCUT2D eigenvalue weighted by Gasteiger charge is -2.28. The third-order valence-corrected chi connectivity index (χ3v) is 2.09. The van der Waals surface area contributed by atoms with Crippen molar-refractivity contribution in [1.82, 2.24) is 4.90 Å². The second-order valence-corrected chi connectivity index (χ2v) is 2.96. The fourth-order valence-corrected chi connectivity index (χ4v) is 1.45. The number of nitrogens with two attached hydrogens (primary N) is 2. The largest absolute Gasteiger partial charge is 0.382 e. The average Bonchev–Trinajstić information content (AvgIpc) is 2.44. The van der Waals surface area contributed by atoms with Crippen molar-refractivity contribution in [3.8, 4) is 0 Å². The van der Waals surface area contributed by atoms with Gasteiger partial charge in [-0.1, -0.05) is 12.7 Å². The fourth-order valence-electron chi connectivity index (χ4n) is 1.45. The minimum absolute atomic E-state index is 0.248. The molecule has 5 heteroatoms. The molecule has 0 saturated heterocycles. The zero-order valence-electron chi connectivity index (χ0n) is 7.12. The van der Waals surface area contributed by atoms with E-state index in [1.165, 1.54) is 0 Å². The van der Waals surface area contributed by atoms with Crippen LogP contribution in [0.2, 0.25) is 0 Å². The van der Waals surface area contributed by atoms with Crippen molar-refractivity contribution in [3.05, 3.63) is 35.7 Å². The molecule has 0 amide bonds. The molecule has 0 bridgehead atoms. The monoisotopic (exact) mass is 172 g/mol. The summed E-state index contributed by atoms with van der Waals surface area (Å²) in [6, 6.07) is 0. The van der Waals surface area contributed by atoms with Crippen molar-refractivity contribution in [2.75, 3.05) is 0 Å². The maximum absolute atomic E-state index is 5.73. The van der Waals surface area contributed by atoms with Crippen molar-refractivity contribution >= 4 is 13.5 Å². The highest BCUT2D eigenvalue weighted by molar-refractivity contribution is 6.64. The lowest BCUT2D eigenvalue weighted by atomic mass is 9.96. The number of aliphatic imine (C=N–C) groups is 1. The van der Waals surface area contributed by atoms with E-state index in [2.05, 4.69) is 11.6 Å². The summed E-state index contributed by atoms with van der Waals surface area (Å²) in [7, 11) is 5.66. The summed E-state index contributed by atoms with van der Waals surface area (Å²) >= 11 is 0. The van der Waals surface area contributed by atoms with Gasteiger partial charge >= 0.3 is 0 Å². The third-order valence-electron chi connectivity index (χ3n) is 2.09. The van der Waals surface area contributed by atoms with Gasteiger partial charge in [-0.05, 0) is 0 Å². The first kappa shape index (κ1) is 7.98. The lowest BCUT2D eigenvalue weighted by Crippen LogP contribution is -2.33. The Morgan fingerprint density at radius 2 is 2.23 bits per heavy atom. The molecule has 2 rings (SSSR count). The molecule has 0 unspecified atom stereocenters. The van der Waals surface area contributed by atoms with E-state index >= 15 is 0 Å². The molecule has 13 heavy (non-hydrogen) atoms. The molecular formula is C8H9BN4. The topological polar surface area (TPSA) is 67.6 Å². The molecule has 4 nitrogen and oxygen atoms in total. The summed E-state index contributed by atoms with van der Waals surface area (Å²) in [5.41, 5.74) is 13.3. The van der Waals surface area contributed by atoms with Gasteiger partial charge in [0, 0.05) is 17.7 Å². The first-order valence-corrected chi connectivity index (χ1v) is 3.89. The van der Waals surface area contributed by atoms with Gasteiger partial charge in [0.05, 0.1) is 5.70 Å². The Kier molecular flexibility index (Phi) is 1.48. The van der Waals surface area contributed by atoms with Crippen LogP contribution >= 0.6 is 0 Å². The van der Waals surface area contributed by atoms with E-state index in [0.29, 0.717) is 11.4 Å². The molecule has 4 N–H and O–H groups in total. The molecule has 0 atom stereocenters. The van der Waals surface area contributed by atoms with E-state index in [9.17, 15) is 0 Å². The highest BCUT2D eigenvalue weighted by atomic mass is 15.3. The molecular weight excluding hydrogens is 163 g/mol. The number of allylic oxidation sites excluding steroid dienone is 2. The first-order valence-electron chi connectivity index (χ1n) is 3.89. The molecule has 0 aliphatic carbocycles. The van der Waals surface area contributed by atoms with Gasteiger partial charge in [0.15, 0.2) is 11.6 Å².